The molecule has 1 aromatic rings. The SMILES string of the molecule is O=S(=O)(Cc1ccc(Cl)cc1Cl)NCC(F)(F)CO. The van der Waals surface area contributed by atoms with Crippen molar-refractivity contribution in [3.8, 4) is 0 Å². The Labute approximate surface area is 119 Å². The van der Waals surface area contributed by atoms with E-state index in [0.29, 0.717) is 5.02 Å². The van der Waals surface area contributed by atoms with Gasteiger partial charge >= 0.3 is 0 Å². The molecule has 0 fully saturated rings. The summed E-state index contributed by atoms with van der Waals surface area (Å²) >= 11 is 11.4. The Morgan fingerprint density at radius 2 is 1.95 bits per heavy atom. The molecule has 9 heteroatoms. The summed E-state index contributed by atoms with van der Waals surface area (Å²) in [7, 11) is -3.98. The standard InChI is InChI=1S/C10H11Cl2F2NO3S/c11-8-2-1-7(9(12)3-8)4-19(17,18)15-5-10(13,14)6-16/h1-3,15-16H,4-6H2. The van der Waals surface area contributed by atoms with Gasteiger partial charge in [0.2, 0.25) is 10.0 Å². The van der Waals surface area contributed by atoms with E-state index in [9.17, 15) is 17.2 Å². The quantitative estimate of drug-likeness (QED) is 0.837. The number of halogens is 4. The van der Waals surface area contributed by atoms with Crippen molar-refractivity contribution in [3.63, 3.8) is 0 Å². The van der Waals surface area contributed by atoms with Gasteiger partial charge in [-0.3, -0.25) is 0 Å². The van der Waals surface area contributed by atoms with Gasteiger partial charge in [0, 0.05) is 10.0 Å². The molecule has 0 saturated carbocycles. The molecule has 0 saturated heterocycles. The van der Waals surface area contributed by atoms with Crippen LogP contribution in [0.1, 0.15) is 5.56 Å². The Hall–Kier alpha value is -0.470. The van der Waals surface area contributed by atoms with Gasteiger partial charge in [-0.2, -0.15) is 0 Å². The van der Waals surface area contributed by atoms with E-state index in [1.807, 2.05) is 0 Å². The molecule has 1 aromatic carbocycles. The number of hydrogen-bond donors (Lipinski definition) is 2. The lowest BCUT2D eigenvalue weighted by Crippen LogP contribution is -2.39. The summed E-state index contributed by atoms with van der Waals surface area (Å²) in [6, 6.07) is 4.20. The van der Waals surface area contributed by atoms with E-state index >= 15 is 0 Å². The molecule has 2 N–H and O–H groups in total. The predicted octanol–water partition coefficient (Wildman–Crippen LogP) is 2.04. The highest BCUT2D eigenvalue weighted by Gasteiger charge is 2.29. The summed E-state index contributed by atoms with van der Waals surface area (Å²) in [4.78, 5) is 0. The molecular formula is C10H11Cl2F2NO3S. The first-order valence-electron chi connectivity index (χ1n) is 5.05. The van der Waals surface area contributed by atoms with Gasteiger partial charge in [0.05, 0.1) is 12.3 Å². The molecule has 0 atom stereocenters. The first kappa shape index (κ1) is 16.6. The van der Waals surface area contributed by atoms with Gasteiger partial charge in [0.15, 0.2) is 0 Å². The molecule has 0 radical (unpaired) electrons. The summed E-state index contributed by atoms with van der Waals surface area (Å²) in [6.45, 7) is -2.60. The van der Waals surface area contributed by atoms with Crippen LogP contribution in [-0.2, 0) is 15.8 Å². The third kappa shape index (κ3) is 5.58. The number of sulfonamides is 1. The fourth-order valence-corrected chi connectivity index (χ4v) is 2.91. The Bertz CT molecular complexity index is 552. The van der Waals surface area contributed by atoms with E-state index in [1.54, 1.807) is 4.72 Å². The number of aliphatic hydroxyl groups excluding tert-OH is 1. The predicted molar refractivity (Wildman–Crippen MR) is 69.1 cm³/mol. The molecule has 19 heavy (non-hydrogen) atoms. The lowest BCUT2D eigenvalue weighted by atomic mass is 10.2. The highest BCUT2D eigenvalue weighted by molar-refractivity contribution is 7.88. The van der Waals surface area contributed by atoms with Crippen molar-refractivity contribution in [1.82, 2.24) is 4.72 Å². The molecule has 0 amide bonds. The van der Waals surface area contributed by atoms with Gasteiger partial charge in [0.1, 0.15) is 6.61 Å². The Morgan fingerprint density at radius 1 is 1.32 bits per heavy atom. The summed E-state index contributed by atoms with van der Waals surface area (Å²) in [5, 5.41) is 8.80. The van der Waals surface area contributed by atoms with Crippen molar-refractivity contribution >= 4 is 33.2 Å². The second-order valence-corrected chi connectivity index (χ2v) is 6.48. The van der Waals surface area contributed by atoms with Crippen molar-refractivity contribution < 1.29 is 22.3 Å². The normalized spacial score (nSPS) is 12.7. The highest BCUT2D eigenvalue weighted by Crippen LogP contribution is 2.22. The van der Waals surface area contributed by atoms with Gasteiger partial charge < -0.3 is 5.11 Å². The lowest BCUT2D eigenvalue weighted by Gasteiger charge is -2.14. The average molecular weight is 334 g/mol. The van der Waals surface area contributed by atoms with Crippen molar-refractivity contribution in [2.24, 2.45) is 0 Å². The van der Waals surface area contributed by atoms with Crippen LogP contribution in [0.15, 0.2) is 18.2 Å². The number of benzene rings is 1. The third-order valence-corrected chi connectivity index (χ3v) is 4.00. The zero-order valence-corrected chi connectivity index (χ0v) is 11.9. The van der Waals surface area contributed by atoms with Gasteiger partial charge in [-0.25, -0.2) is 21.9 Å². The number of rotatable bonds is 6. The maximum absolute atomic E-state index is 12.7. The zero-order valence-electron chi connectivity index (χ0n) is 9.54. The molecule has 0 aliphatic carbocycles. The molecule has 0 aliphatic rings. The van der Waals surface area contributed by atoms with E-state index in [1.165, 1.54) is 18.2 Å². The van der Waals surface area contributed by atoms with Crippen molar-refractivity contribution in [2.45, 2.75) is 11.7 Å². The first-order chi connectivity index (χ1) is 8.65. The van der Waals surface area contributed by atoms with Crippen LogP contribution in [0.25, 0.3) is 0 Å². The number of alkyl halides is 2. The van der Waals surface area contributed by atoms with Crippen LogP contribution in [0, 0.1) is 0 Å². The molecular weight excluding hydrogens is 323 g/mol. The first-order valence-corrected chi connectivity index (χ1v) is 7.46. The summed E-state index contributed by atoms with van der Waals surface area (Å²) < 4.78 is 50.3. The van der Waals surface area contributed by atoms with E-state index < -0.39 is 34.9 Å². The Kier molecular flexibility index (Phi) is 5.52. The summed E-state index contributed by atoms with van der Waals surface area (Å²) in [5.74, 6) is -4.05. The minimum absolute atomic E-state index is 0.131. The van der Waals surface area contributed by atoms with E-state index in [4.69, 9.17) is 28.3 Å². The van der Waals surface area contributed by atoms with Crippen LogP contribution in [0.3, 0.4) is 0 Å². The Morgan fingerprint density at radius 3 is 2.47 bits per heavy atom. The minimum atomic E-state index is -3.98. The second-order valence-electron chi connectivity index (χ2n) is 3.83. The molecule has 0 unspecified atom stereocenters. The molecule has 0 bridgehead atoms. The van der Waals surface area contributed by atoms with Gasteiger partial charge in [-0.15, -0.1) is 0 Å². The third-order valence-electron chi connectivity index (χ3n) is 2.14. The number of aliphatic hydroxyl groups is 1. The largest absolute Gasteiger partial charge is 0.390 e. The van der Waals surface area contributed by atoms with E-state index in [2.05, 4.69) is 0 Å². The van der Waals surface area contributed by atoms with Gasteiger partial charge in [0.25, 0.3) is 5.92 Å². The van der Waals surface area contributed by atoms with Crippen LogP contribution in [0.2, 0.25) is 10.0 Å². The van der Waals surface area contributed by atoms with Crippen molar-refractivity contribution in [3.05, 3.63) is 33.8 Å². The number of hydrogen-bond acceptors (Lipinski definition) is 3. The smallest absolute Gasteiger partial charge is 0.283 e. The Balaban J connectivity index is 2.75. The maximum atomic E-state index is 12.7. The minimum Gasteiger partial charge on any atom is -0.390 e. The molecule has 0 heterocycles. The van der Waals surface area contributed by atoms with Crippen molar-refractivity contribution in [1.29, 1.82) is 0 Å². The molecule has 0 aliphatic heterocycles. The topological polar surface area (TPSA) is 66.4 Å². The van der Waals surface area contributed by atoms with Crippen LogP contribution in [-0.4, -0.2) is 32.6 Å². The average Bonchev–Trinajstić information content (AvgIpc) is 2.31. The monoisotopic (exact) mass is 333 g/mol. The summed E-state index contributed by atoms with van der Waals surface area (Å²) in [5.41, 5.74) is 0.242. The van der Waals surface area contributed by atoms with E-state index in [-0.39, 0.29) is 10.6 Å². The fourth-order valence-electron chi connectivity index (χ4n) is 1.17. The summed E-state index contributed by atoms with van der Waals surface area (Å²) in [6.07, 6.45) is 0. The van der Waals surface area contributed by atoms with Gasteiger partial charge in [-0.05, 0) is 17.7 Å². The maximum Gasteiger partial charge on any atom is 0.283 e. The molecule has 108 valence electrons. The number of nitrogens with one attached hydrogen (secondary N) is 1. The van der Waals surface area contributed by atoms with Crippen LogP contribution < -0.4 is 4.72 Å². The fraction of sp³-hybridized carbons (Fsp3) is 0.400. The van der Waals surface area contributed by atoms with Gasteiger partial charge in [-0.1, -0.05) is 29.3 Å². The molecule has 1 rings (SSSR count). The van der Waals surface area contributed by atoms with Crippen LogP contribution >= 0.6 is 23.2 Å². The zero-order chi connectivity index (χ0) is 14.7. The molecule has 0 spiro atoms. The molecule has 4 nitrogen and oxygen atoms in total. The molecule has 0 aromatic heterocycles. The lowest BCUT2D eigenvalue weighted by molar-refractivity contribution is -0.0437. The second kappa shape index (κ2) is 6.32. The van der Waals surface area contributed by atoms with Crippen molar-refractivity contribution in [2.75, 3.05) is 13.2 Å². The van der Waals surface area contributed by atoms with Crippen LogP contribution in [0.4, 0.5) is 8.78 Å². The van der Waals surface area contributed by atoms with Crippen LogP contribution in [0.5, 0.6) is 0 Å². The van der Waals surface area contributed by atoms with E-state index in [0.717, 1.165) is 0 Å². The highest BCUT2D eigenvalue weighted by atomic mass is 35.5.